The van der Waals surface area contributed by atoms with Gasteiger partial charge in [-0.05, 0) is 51.7 Å². The Balaban J connectivity index is 5.02. The minimum absolute atomic E-state index is 0.0459. The smallest absolute Gasteiger partial charge is 0.408 e. The Morgan fingerprint density at radius 1 is 0.892 bits per heavy atom. The monoisotopic (exact) mass is 543 g/mol. The largest absolute Gasteiger partial charge is 0.444 e. The normalized spacial score (nSPS) is 15.5. The molecule has 0 radical (unpaired) electrons. The summed E-state index contributed by atoms with van der Waals surface area (Å²) in [6.45, 7) is 17.9. The van der Waals surface area contributed by atoms with E-state index in [0.717, 1.165) is 12.8 Å². The van der Waals surface area contributed by atoms with Gasteiger partial charge in [-0.25, -0.2) is 4.79 Å². The number of carbonyl (C=O) groups is 1. The second kappa shape index (κ2) is 18.4. The van der Waals surface area contributed by atoms with Crippen molar-refractivity contribution in [2.75, 3.05) is 6.61 Å². The molecule has 0 spiro atoms. The summed E-state index contributed by atoms with van der Waals surface area (Å²) >= 11 is 0. The molecule has 1 amide bonds. The third kappa shape index (κ3) is 17.3. The van der Waals surface area contributed by atoms with E-state index in [2.05, 4.69) is 52.2 Å². The van der Waals surface area contributed by atoms with Gasteiger partial charge in [-0.2, -0.15) is 0 Å². The third-order valence-electron chi connectivity index (χ3n) is 7.18. The zero-order valence-corrected chi connectivity index (χ0v) is 26.7. The van der Waals surface area contributed by atoms with E-state index in [1.807, 2.05) is 6.08 Å². The molecule has 0 bridgehead atoms. The number of aliphatic hydroxyl groups is 2. The zero-order valence-electron chi connectivity index (χ0n) is 25.7. The molecular formula is C30H61NO5Si. The van der Waals surface area contributed by atoms with Gasteiger partial charge >= 0.3 is 6.09 Å². The first-order valence-corrected chi connectivity index (χ1v) is 17.7. The van der Waals surface area contributed by atoms with Gasteiger partial charge in [0.15, 0.2) is 8.32 Å². The van der Waals surface area contributed by atoms with E-state index in [1.165, 1.54) is 64.2 Å². The van der Waals surface area contributed by atoms with Crippen molar-refractivity contribution in [2.45, 2.75) is 167 Å². The van der Waals surface area contributed by atoms with Crippen molar-refractivity contribution in [3.8, 4) is 0 Å². The average molecular weight is 544 g/mol. The van der Waals surface area contributed by atoms with E-state index in [1.54, 1.807) is 20.8 Å². The van der Waals surface area contributed by atoms with Crippen LogP contribution in [0.1, 0.15) is 126 Å². The lowest BCUT2D eigenvalue weighted by Gasteiger charge is -2.41. The minimum Gasteiger partial charge on any atom is -0.444 e. The minimum atomic E-state index is -2.23. The number of amides is 1. The van der Waals surface area contributed by atoms with E-state index < -0.39 is 44.9 Å². The van der Waals surface area contributed by atoms with Crippen LogP contribution in [0.3, 0.4) is 0 Å². The molecule has 0 fully saturated rings. The molecule has 3 atom stereocenters. The summed E-state index contributed by atoms with van der Waals surface area (Å²) in [6.07, 6.45) is 17.0. The van der Waals surface area contributed by atoms with Crippen molar-refractivity contribution < 1.29 is 24.2 Å². The summed E-state index contributed by atoms with van der Waals surface area (Å²) in [6, 6.07) is -0.817. The highest BCUT2D eigenvalue weighted by molar-refractivity contribution is 6.74. The molecule has 7 heteroatoms. The summed E-state index contributed by atoms with van der Waals surface area (Å²) in [4.78, 5) is 12.6. The van der Waals surface area contributed by atoms with Gasteiger partial charge in [0.05, 0.1) is 18.8 Å². The highest BCUT2D eigenvalue weighted by atomic mass is 28.4. The number of allylic oxidation sites excluding steroid dienone is 1. The molecule has 0 rings (SSSR count). The average Bonchev–Trinajstić information content (AvgIpc) is 2.77. The Labute approximate surface area is 230 Å². The number of hydrogen-bond donors (Lipinski definition) is 3. The summed E-state index contributed by atoms with van der Waals surface area (Å²) in [5.41, 5.74) is -0.667. The fourth-order valence-corrected chi connectivity index (χ4v) is 5.12. The first kappa shape index (κ1) is 36.1. The molecule has 0 aromatic carbocycles. The van der Waals surface area contributed by atoms with Crippen molar-refractivity contribution >= 4 is 14.4 Å². The Hall–Kier alpha value is -0.893. The van der Waals surface area contributed by atoms with Gasteiger partial charge < -0.3 is 24.7 Å². The van der Waals surface area contributed by atoms with Crippen LogP contribution in [0.15, 0.2) is 12.2 Å². The predicted molar refractivity (Wildman–Crippen MR) is 159 cm³/mol. The number of unbranched alkanes of at least 4 members (excludes halogenated alkanes) is 11. The Morgan fingerprint density at radius 2 is 1.38 bits per heavy atom. The molecule has 220 valence electrons. The van der Waals surface area contributed by atoms with Crippen LogP contribution < -0.4 is 5.32 Å². The van der Waals surface area contributed by atoms with Crippen molar-refractivity contribution in [3.05, 3.63) is 12.2 Å². The molecule has 0 aromatic rings. The molecule has 3 N–H and O–H groups in total. The van der Waals surface area contributed by atoms with Gasteiger partial charge in [0, 0.05) is 0 Å². The van der Waals surface area contributed by atoms with Crippen LogP contribution in [-0.2, 0) is 9.16 Å². The van der Waals surface area contributed by atoms with Gasteiger partial charge in [-0.1, -0.05) is 104 Å². The quantitative estimate of drug-likeness (QED) is 0.0876. The van der Waals surface area contributed by atoms with Crippen LogP contribution in [0.5, 0.6) is 0 Å². The molecule has 0 saturated heterocycles. The number of rotatable bonds is 19. The standard InChI is InChI=1S/C30H61NO5Si/c1-10-11-12-13-14-15-16-17-18-19-20-21-22-23-26(36-37(8,9)30(5,6)7)27(25(33)24-32)31-28(34)35-29(2,3)4/h22-23,25-27,32-33H,10-21,24H2,1-9H3,(H,31,34)/b23-22+/t25-,26-,27+/m1/s1. The first-order valence-electron chi connectivity index (χ1n) is 14.8. The Morgan fingerprint density at radius 3 is 1.81 bits per heavy atom. The maximum absolute atomic E-state index is 12.6. The fraction of sp³-hybridized carbons (Fsp3) is 0.900. The zero-order chi connectivity index (χ0) is 28.5. The van der Waals surface area contributed by atoms with Crippen LogP contribution >= 0.6 is 0 Å². The maximum Gasteiger partial charge on any atom is 0.408 e. The maximum atomic E-state index is 12.6. The number of nitrogens with one attached hydrogen (secondary N) is 1. The molecule has 0 heterocycles. The first-order chi connectivity index (χ1) is 17.1. The van der Waals surface area contributed by atoms with Crippen molar-refractivity contribution in [3.63, 3.8) is 0 Å². The van der Waals surface area contributed by atoms with Crippen molar-refractivity contribution in [1.29, 1.82) is 0 Å². The molecule has 37 heavy (non-hydrogen) atoms. The van der Waals surface area contributed by atoms with Gasteiger partial charge in [-0.15, -0.1) is 0 Å². The van der Waals surface area contributed by atoms with E-state index in [9.17, 15) is 15.0 Å². The molecule has 0 saturated carbocycles. The van der Waals surface area contributed by atoms with Crippen LogP contribution in [0, 0.1) is 0 Å². The van der Waals surface area contributed by atoms with E-state index in [4.69, 9.17) is 9.16 Å². The lowest BCUT2D eigenvalue weighted by molar-refractivity contribution is 0.00968. The predicted octanol–water partition coefficient (Wildman–Crippen LogP) is 7.88. The van der Waals surface area contributed by atoms with Gasteiger partial charge in [0.25, 0.3) is 0 Å². The summed E-state index contributed by atoms with van der Waals surface area (Å²) in [7, 11) is -2.23. The summed E-state index contributed by atoms with van der Waals surface area (Å²) in [5.74, 6) is 0. The lowest BCUT2D eigenvalue weighted by Crippen LogP contribution is -2.57. The third-order valence-corrected chi connectivity index (χ3v) is 11.6. The van der Waals surface area contributed by atoms with Crippen molar-refractivity contribution in [2.24, 2.45) is 0 Å². The second-order valence-corrected chi connectivity index (χ2v) is 17.8. The highest BCUT2D eigenvalue weighted by Gasteiger charge is 2.42. The SMILES string of the molecule is CCCCCCCCCCCCC/C=C/[C@@H](O[Si](C)(C)C(C)(C)C)[C@@H](NC(=O)OC(C)(C)C)[C@H](O)CO. The highest BCUT2D eigenvalue weighted by Crippen LogP contribution is 2.38. The van der Waals surface area contributed by atoms with E-state index in [0.29, 0.717) is 0 Å². The summed E-state index contributed by atoms with van der Waals surface area (Å²) < 4.78 is 12.1. The van der Waals surface area contributed by atoms with Gasteiger partial charge in [0.2, 0.25) is 0 Å². The topological polar surface area (TPSA) is 88.0 Å². The molecule has 0 aliphatic carbocycles. The molecule has 0 aliphatic rings. The van der Waals surface area contributed by atoms with Crippen LogP contribution in [-0.4, -0.2) is 55.1 Å². The van der Waals surface area contributed by atoms with Gasteiger partial charge in [-0.3, -0.25) is 0 Å². The molecule has 0 aromatic heterocycles. The summed E-state index contributed by atoms with van der Waals surface area (Å²) in [5, 5.41) is 23.1. The number of alkyl carbamates (subject to hydrolysis) is 1. The second-order valence-electron chi connectivity index (χ2n) is 13.0. The molecule has 0 unspecified atom stereocenters. The van der Waals surface area contributed by atoms with Crippen LogP contribution in [0.4, 0.5) is 4.79 Å². The van der Waals surface area contributed by atoms with E-state index >= 15 is 0 Å². The molecule has 0 aliphatic heterocycles. The number of carbonyl (C=O) groups excluding carboxylic acids is 1. The number of aliphatic hydroxyl groups excluding tert-OH is 2. The van der Waals surface area contributed by atoms with Crippen LogP contribution in [0.2, 0.25) is 18.1 Å². The van der Waals surface area contributed by atoms with E-state index in [-0.39, 0.29) is 5.04 Å². The fourth-order valence-electron chi connectivity index (χ4n) is 3.86. The number of ether oxygens (including phenoxy) is 1. The molecule has 6 nitrogen and oxygen atoms in total. The Kier molecular flexibility index (Phi) is 18.0. The molecular weight excluding hydrogens is 482 g/mol. The van der Waals surface area contributed by atoms with Crippen molar-refractivity contribution in [1.82, 2.24) is 5.32 Å². The Bertz CT molecular complexity index is 624. The lowest BCUT2D eigenvalue weighted by atomic mass is 10.0. The van der Waals surface area contributed by atoms with Gasteiger partial charge in [0.1, 0.15) is 11.7 Å². The number of hydrogen-bond acceptors (Lipinski definition) is 5. The van der Waals surface area contributed by atoms with Crippen LogP contribution in [0.25, 0.3) is 0 Å².